The van der Waals surface area contributed by atoms with Gasteiger partial charge < -0.3 is 10.2 Å². The molecule has 0 aliphatic carbocycles. The standard InChI is InChI=1S/C20H24N2O/c1-16(15-22-13-11-21-12-14-22)20(23)19-9-7-18(8-10-19)17-5-3-2-4-6-17/h2-10,16,21H,11-15H2,1H3. The van der Waals surface area contributed by atoms with Crippen molar-refractivity contribution in [2.75, 3.05) is 32.7 Å². The number of hydrogen-bond acceptors (Lipinski definition) is 3. The summed E-state index contributed by atoms with van der Waals surface area (Å²) in [5.74, 6) is 0.277. The maximum absolute atomic E-state index is 12.6. The lowest BCUT2D eigenvalue weighted by atomic mass is 9.96. The predicted molar refractivity (Wildman–Crippen MR) is 94.7 cm³/mol. The van der Waals surface area contributed by atoms with Gasteiger partial charge in [0.25, 0.3) is 0 Å². The van der Waals surface area contributed by atoms with E-state index in [1.807, 2.05) is 49.4 Å². The van der Waals surface area contributed by atoms with Crippen molar-refractivity contribution in [3.63, 3.8) is 0 Å². The van der Waals surface area contributed by atoms with Crippen LogP contribution in [0.25, 0.3) is 11.1 Å². The Morgan fingerprint density at radius 3 is 2.26 bits per heavy atom. The highest BCUT2D eigenvalue weighted by Gasteiger charge is 2.19. The Hall–Kier alpha value is -1.97. The molecule has 1 aliphatic heterocycles. The number of carbonyl (C=O) groups excluding carboxylic acids is 1. The lowest BCUT2D eigenvalue weighted by Crippen LogP contribution is -2.45. The van der Waals surface area contributed by atoms with E-state index in [-0.39, 0.29) is 11.7 Å². The molecule has 3 nitrogen and oxygen atoms in total. The van der Waals surface area contributed by atoms with Crippen molar-refractivity contribution in [1.29, 1.82) is 0 Å². The smallest absolute Gasteiger partial charge is 0.166 e. The molecule has 1 atom stereocenters. The zero-order valence-electron chi connectivity index (χ0n) is 13.7. The highest BCUT2D eigenvalue weighted by Crippen LogP contribution is 2.20. The maximum atomic E-state index is 12.6. The number of piperazine rings is 1. The fraction of sp³-hybridized carbons (Fsp3) is 0.350. The zero-order valence-corrected chi connectivity index (χ0v) is 13.7. The Balaban J connectivity index is 1.65. The van der Waals surface area contributed by atoms with Crippen LogP contribution in [0.1, 0.15) is 17.3 Å². The van der Waals surface area contributed by atoms with E-state index in [1.54, 1.807) is 0 Å². The molecule has 1 N–H and O–H groups in total. The molecule has 3 rings (SSSR count). The summed E-state index contributed by atoms with van der Waals surface area (Å²) in [6.07, 6.45) is 0. The van der Waals surface area contributed by atoms with Gasteiger partial charge in [-0.1, -0.05) is 61.5 Å². The van der Waals surface area contributed by atoms with Crippen LogP contribution >= 0.6 is 0 Å². The van der Waals surface area contributed by atoms with Crippen molar-refractivity contribution in [2.24, 2.45) is 5.92 Å². The quantitative estimate of drug-likeness (QED) is 0.862. The Morgan fingerprint density at radius 1 is 1.00 bits per heavy atom. The fourth-order valence-corrected chi connectivity index (χ4v) is 3.11. The van der Waals surface area contributed by atoms with Crippen LogP contribution in [-0.2, 0) is 0 Å². The van der Waals surface area contributed by atoms with Crippen LogP contribution in [-0.4, -0.2) is 43.4 Å². The second-order valence-corrected chi connectivity index (χ2v) is 6.26. The van der Waals surface area contributed by atoms with Crippen LogP contribution in [0.3, 0.4) is 0 Å². The molecule has 0 amide bonds. The molecule has 1 unspecified atom stereocenters. The topological polar surface area (TPSA) is 32.3 Å². The summed E-state index contributed by atoms with van der Waals surface area (Å²) in [6.45, 7) is 6.99. The number of Topliss-reactive ketones (excluding diaryl/α,β-unsaturated/α-hetero) is 1. The highest BCUT2D eigenvalue weighted by molar-refractivity contribution is 5.98. The summed E-state index contributed by atoms with van der Waals surface area (Å²) >= 11 is 0. The van der Waals surface area contributed by atoms with Crippen LogP contribution in [0, 0.1) is 5.92 Å². The van der Waals surface area contributed by atoms with E-state index >= 15 is 0 Å². The second kappa shape index (κ2) is 7.53. The Labute approximate surface area is 138 Å². The summed E-state index contributed by atoms with van der Waals surface area (Å²) in [7, 11) is 0. The van der Waals surface area contributed by atoms with E-state index in [4.69, 9.17) is 0 Å². The molecule has 2 aromatic carbocycles. The first kappa shape index (κ1) is 15.9. The summed E-state index contributed by atoms with van der Waals surface area (Å²) in [6, 6.07) is 18.2. The van der Waals surface area contributed by atoms with Crippen molar-refractivity contribution in [2.45, 2.75) is 6.92 Å². The van der Waals surface area contributed by atoms with E-state index in [1.165, 1.54) is 5.56 Å². The summed E-state index contributed by atoms with van der Waals surface area (Å²) in [5, 5.41) is 3.34. The normalized spacial score (nSPS) is 16.9. The number of carbonyl (C=O) groups is 1. The zero-order chi connectivity index (χ0) is 16.1. The van der Waals surface area contributed by atoms with Crippen molar-refractivity contribution >= 4 is 5.78 Å². The van der Waals surface area contributed by atoms with Gasteiger partial charge in [0.1, 0.15) is 0 Å². The average molecular weight is 308 g/mol. The van der Waals surface area contributed by atoms with Crippen LogP contribution < -0.4 is 5.32 Å². The van der Waals surface area contributed by atoms with Crippen LogP contribution in [0.15, 0.2) is 54.6 Å². The summed E-state index contributed by atoms with van der Waals surface area (Å²) in [5.41, 5.74) is 3.14. The molecule has 1 aliphatic rings. The lowest BCUT2D eigenvalue weighted by Gasteiger charge is -2.29. The molecule has 1 saturated heterocycles. The first-order valence-corrected chi connectivity index (χ1v) is 8.37. The number of nitrogens with one attached hydrogen (secondary N) is 1. The molecule has 0 saturated carbocycles. The molecule has 3 heteroatoms. The lowest BCUT2D eigenvalue weighted by molar-refractivity contribution is 0.0887. The number of benzene rings is 2. The number of hydrogen-bond donors (Lipinski definition) is 1. The van der Waals surface area contributed by atoms with Gasteiger partial charge in [-0.25, -0.2) is 0 Å². The van der Waals surface area contributed by atoms with E-state index in [9.17, 15) is 4.79 Å². The second-order valence-electron chi connectivity index (χ2n) is 6.26. The predicted octanol–water partition coefficient (Wildman–Crippen LogP) is 3.08. The van der Waals surface area contributed by atoms with Crippen LogP contribution in [0.5, 0.6) is 0 Å². The minimum Gasteiger partial charge on any atom is -0.314 e. The van der Waals surface area contributed by atoms with Crippen molar-refractivity contribution in [3.8, 4) is 11.1 Å². The van der Waals surface area contributed by atoms with Gasteiger partial charge in [0, 0.05) is 44.2 Å². The minimum atomic E-state index is 0.0377. The van der Waals surface area contributed by atoms with Gasteiger partial charge in [-0.2, -0.15) is 0 Å². The van der Waals surface area contributed by atoms with E-state index in [0.29, 0.717) is 0 Å². The SMILES string of the molecule is CC(CN1CCNCC1)C(=O)c1ccc(-c2ccccc2)cc1. The van der Waals surface area contributed by atoms with Crippen LogP contribution in [0.4, 0.5) is 0 Å². The number of nitrogens with zero attached hydrogens (tertiary/aromatic N) is 1. The molecular weight excluding hydrogens is 284 g/mol. The van der Waals surface area contributed by atoms with Gasteiger partial charge in [-0.15, -0.1) is 0 Å². The largest absolute Gasteiger partial charge is 0.314 e. The van der Waals surface area contributed by atoms with E-state index < -0.39 is 0 Å². The molecular formula is C20H24N2O. The molecule has 0 aromatic heterocycles. The van der Waals surface area contributed by atoms with Crippen molar-refractivity contribution in [3.05, 3.63) is 60.2 Å². The van der Waals surface area contributed by atoms with Gasteiger partial charge in [0.15, 0.2) is 5.78 Å². The van der Waals surface area contributed by atoms with Gasteiger partial charge in [-0.3, -0.25) is 4.79 Å². The molecule has 0 bridgehead atoms. The van der Waals surface area contributed by atoms with Crippen molar-refractivity contribution in [1.82, 2.24) is 10.2 Å². The van der Waals surface area contributed by atoms with E-state index in [0.717, 1.165) is 43.9 Å². The first-order chi connectivity index (χ1) is 11.2. The molecule has 1 heterocycles. The third kappa shape index (κ3) is 4.06. The van der Waals surface area contributed by atoms with Crippen molar-refractivity contribution < 1.29 is 4.79 Å². The van der Waals surface area contributed by atoms with Gasteiger partial charge in [-0.05, 0) is 11.1 Å². The number of rotatable bonds is 5. The molecule has 0 spiro atoms. The Bertz CT molecular complexity index is 630. The Morgan fingerprint density at radius 2 is 1.61 bits per heavy atom. The Kier molecular flexibility index (Phi) is 5.21. The third-order valence-electron chi connectivity index (χ3n) is 4.47. The maximum Gasteiger partial charge on any atom is 0.166 e. The summed E-state index contributed by atoms with van der Waals surface area (Å²) < 4.78 is 0. The molecule has 23 heavy (non-hydrogen) atoms. The monoisotopic (exact) mass is 308 g/mol. The average Bonchev–Trinajstić information content (AvgIpc) is 2.63. The van der Waals surface area contributed by atoms with E-state index in [2.05, 4.69) is 22.3 Å². The van der Waals surface area contributed by atoms with Crippen LogP contribution in [0.2, 0.25) is 0 Å². The minimum absolute atomic E-state index is 0.0377. The molecule has 120 valence electrons. The number of ketones is 1. The highest BCUT2D eigenvalue weighted by atomic mass is 16.1. The molecule has 0 radical (unpaired) electrons. The molecule has 1 fully saturated rings. The summed E-state index contributed by atoms with van der Waals surface area (Å²) in [4.78, 5) is 15.0. The van der Waals surface area contributed by atoms with Gasteiger partial charge >= 0.3 is 0 Å². The third-order valence-corrected chi connectivity index (χ3v) is 4.47. The molecule has 2 aromatic rings. The van der Waals surface area contributed by atoms with Gasteiger partial charge in [0.2, 0.25) is 0 Å². The fourth-order valence-electron chi connectivity index (χ4n) is 3.11. The van der Waals surface area contributed by atoms with Gasteiger partial charge in [0.05, 0.1) is 0 Å². The first-order valence-electron chi connectivity index (χ1n) is 8.37.